The second-order valence-electron chi connectivity index (χ2n) is 12.8. The van der Waals surface area contributed by atoms with Gasteiger partial charge in [0, 0.05) is 5.92 Å². The molecule has 4 heteroatoms. The van der Waals surface area contributed by atoms with Crippen molar-refractivity contribution in [2.24, 2.45) is 5.92 Å². The van der Waals surface area contributed by atoms with E-state index < -0.39 is 11.7 Å². The summed E-state index contributed by atoms with van der Waals surface area (Å²) in [7, 11) is 0. The molecule has 1 saturated heterocycles. The minimum Gasteiger partial charge on any atom is -0.390 e. The molecule has 1 aliphatic carbocycles. The van der Waals surface area contributed by atoms with Gasteiger partial charge in [-0.1, -0.05) is 38.3 Å². The van der Waals surface area contributed by atoms with Crippen LogP contribution in [0.5, 0.6) is 0 Å². The van der Waals surface area contributed by atoms with Crippen LogP contribution in [0, 0.1) is 5.92 Å². The van der Waals surface area contributed by atoms with Gasteiger partial charge in [-0.05, 0) is 135 Å². The maximum Gasteiger partial charge on any atom is 0.132 e. The molecule has 2 aliphatic rings. The summed E-state index contributed by atoms with van der Waals surface area (Å²) >= 11 is 0. The Morgan fingerprint density at radius 3 is 2.54 bits per heavy atom. The van der Waals surface area contributed by atoms with Gasteiger partial charge in [0.1, 0.15) is 11.4 Å². The lowest BCUT2D eigenvalue weighted by Crippen LogP contribution is -2.51. The highest BCUT2D eigenvalue weighted by Crippen LogP contribution is 2.51. The summed E-state index contributed by atoms with van der Waals surface area (Å²) in [6, 6.07) is 0. The second kappa shape index (κ2) is 13.7. The summed E-state index contributed by atoms with van der Waals surface area (Å²) in [5.74, 6) is 0.402. The van der Waals surface area contributed by atoms with Gasteiger partial charge in [0.05, 0.1) is 17.3 Å². The standard InChI is InChI=1S/C33H56O4/c1-9-10-21-33-27(5)26(4)30(35)23-29(33)17-22-32(8,37-33)20-13-19-31(7,36)18-12-15-24(2)14-11-16-25(3)28(6)34/h14,23,25,30,35-36H,9-13,15-22H2,1-8H3/b24-14+. The first-order chi connectivity index (χ1) is 17.3. The molecule has 0 bridgehead atoms. The first-order valence-electron chi connectivity index (χ1n) is 14.9. The fourth-order valence-electron chi connectivity index (χ4n) is 6.13. The molecule has 212 valence electrons. The largest absolute Gasteiger partial charge is 0.390 e. The molecule has 5 unspecified atom stereocenters. The number of ketones is 1. The molecule has 0 aromatic carbocycles. The molecule has 37 heavy (non-hydrogen) atoms. The van der Waals surface area contributed by atoms with Crippen LogP contribution in [0.4, 0.5) is 0 Å². The zero-order chi connectivity index (χ0) is 27.9. The molecular formula is C33H56O4. The van der Waals surface area contributed by atoms with Crippen molar-refractivity contribution in [3.63, 3.8) is 0 Å². The Kier molecular flexibility index (Phi) is 11.9. The molecule has 1 heterocycles. The number of carbonyl (C=O) groups is 1. The molecule has 4 nitrogen and oxygen atoms in total. The number of unbranched alkanes of at least 4 members (excludes halogenated alkanes) is 1. The molecule has 0 amide bonds. The van der Waals surface area contributed by atoms with Crippen molar-refractivity contribution < 1.29 is 19.7 Å². The number of aliphatic hydroxyl groups excluding tert-OH is 1. The quantitative estimate of drug-likeness (QED) is 0.215. The fourth-order valence-corrected chi connectivity index (χ4v) is 6.13. The molecule has 0 spiro atoms. The van der Waals surface area contributed by atoms with Crippen molar-refractivity contribution in [2.75, 3.05) is 0 Å². The van der Waals surface area contributed by atoms with Crippen LogP contribution in [0.3, 0.4) is 0 Å². The minimum atomic E-state index is -0.666. The number of ether oxygens (including phenoxy) is 1. The van der Waals surface area contributed by atoms with E-state index in [9.17, 15) is 15.0 Å². The smallest absolute Gasteiger partial charge is 0.132 e. The van der Waals surface area contributed by atoms with Gasteiger partial charge in [-0.2, -0.15) is 0 Å². The Balaban J connectivity index is 1.88. The summed E-state index contributed by atoms with van der Waals surface area (Å²) in [6.07, 6.45) is 16.2. The predicted molar refractivity (Wildman–Crippen MR) is 155 cm³/mol. The number of carbonyl (C=O) groups excluding carboxylic acids is 1. The number of Topliss-reactive ketones (excluding diaryl/α,β-unsaturated/α-hetero) is 1. The summed E-state index contributed by atoms with van der Waals surface area (Å²) in [6.45, 7) is 16.5. The lowest BCUT2D eigenvalue weighted by Gasteiger charge is -2.52. The van der Waals surface area contributed by atoms with Gasteiger partial charge in [0.2, 0.25) is 0 Å². The van der Waals surface area contributed by atoms with E-state index in [0.29, 0.717) is 0 Å². The number of allylic oxidation sites excluding steroid dienone is 2. The molecule has 0 radical (unpaired) electrons. The first-order valence-corrected chi connectivity index (χ1v) is 14.9. The van der Waals surface area contributed by atoms with Crippen LogP contribution < -0.4 is 0 Å². The SMILES string of the molecule is CCCCC12OC(C)(CCCC(C)(O)CCC/C(C)=C/CCC(C)C(C)=O)CCC1=CC(O)C(C)=C2C. The van der Waals surface area contributed by atoms with Crippen molar-refractivity contribution in [3.05, 3.63) is 34.4 Å². The number of fused-ring (bicyclic) bond motifs is 1. The zero-order valence-electron chi connectivity index (χ0n) is 25.2. The summed E-state index contributed by atoms with van der Waals surface area (Å²) in [4.78, 5) is 11.4. The van der Waals surface area contributed by atoms with Crippen LogP contribution in [-0.4, -0.2) is 38.9 Å². The van der Waals surface area contributed by atoms with E-state index >= 15 is 0 Å². The first kappa shape index (κ1) is 32.0. The Bertz CT molecular complexity index is 864. The monoisotopic (exact) mass is 516 g/mol. The summed E-state index contributed by atoms with van der Waals surface area (Å²) < 4.78 is 7.05. The van der Waals surface area contributed by atoms with E-state index in [0.717, 1.165) is 89.0 Å². The van der Waals surface area contributed by atoms with E-state index in [1.54, 1.807) is 6.92 Å². The molecule has 0 aromatic heterocycles. The molecule has 1 fully saturated rings. The van der Waals surface area contributed by atoms with E-state index in [1.165, 1.54) is 16.7 Å². The zero-order valence-corrected chi connectivity index (χ0v) is 25.2. The van der Waals surface area contributed by atoms with Crippen LogP contribution >= 0.6 is 0 Å². The maximum atomic E-state index is 11.4. The number of aliphatic hydroxyl groups is 2. The van der Waals surface area contributed by atoms with Crippen molar-refractivity contribution in [1.29, 1.82) is 0 Å². The molecule has 0 aromatic rings. The van der Waals surface area contributed by atoms with Crippen molar-refractivity contribution in [1.82, 2.24) is 0 Å². The number of rotatable bonds is 15. The Morgan fingerprint density at radius 2 is 1.89 bits per heavy atom. The number of hydrogen-bond acceptors (Lipinski definition) is 4. The third kappa shape index (κ3) is 8.90. The topological polar surface area (TPSA) is 66.8 Å². The highest BCUT2D eigenvalue weighted by molar-refractivity contribution is 5.77. The van der Waals surface area contributed by atoms with Crippen molar-refractivity contribution in [2.45, 2.75) is 162 Å². The molecule has 1 aliphatic heterocycles. The van der Waals surface area contributed by atoms with Gasteiger partial charge >= 0.3 is 0 Å². The maximum absolute atomic E-state index is 11.4. The molecule has 5 atom stereocenters. The molecule has 2 N–H and O–H groups in total. The normalized spacial score (nSPS) is 29.0. The Labute approximate surface area is 227 Å². The van der Waals surface area contributed by atoms with Gasteiger partial charge in [0.25, 0.3) is 0 Å². The van der Waals surface area contributed by atoms with Crippen LogP contribution in [0.15, 0.2) is 34.4 Å². The summed E-state index contributed by atoms with van der Waals surface area (Å²) in [5, 5.41) is 21.6. The lowest BCUT2D eigenvalue weighted by atomic mass is 9.69. The van der Waals surface area contributed by atoms with Crippen molar-refractivity contribution in [3.8, 4) is 0 Å². The van der Waals surface area contributed by atoms with E-state index in [2.05, 4.69) is 33.8 Å². The average Bonchev–Trinajstić information content (AvgIpc) is 2.82. The third-order valence-electron chi connectivity index (χ3n) is 9.24. The predicted octanol–water partition coefficient (Wildman–Crippen LogP) is 8.17. The second-order valence-corrected chi connectivity index (χ2v) is 12.8. The van der Waals surface area contributed by atoms with E-state index in [1.807, 2.05) is 26.8 Å². The van der Waals surface area contributed by atoms with Gasteiger partial charge in [0.15, 0.2) is 0 Å². The van der Waals surface area contributed by atoms with Crippen LogP contribution in [0.1, 0.15) is 139 Å². The fraction of sp³-hybridized carbons (Fsp3) is 0.788. The molecular weight excluding hydrogens is 460 g/mol. The van der Waals surface area contributed by atoms with E-state index in [4.69, 9.17) is 4.74 Å². The minimum absolute atomic E-state index is 0.137. The van der Waals surface area contributed by atoms with Gasteiger partial charge in [-0.3, -0.25) is 4.79 Å². The summed E-state index contributed by atoms with van der Waals surface area (Å²) in [5.41, 5.74) is 3.59. The van der Waals surface area contributed by atoms with Crippen LogP contribution in [0.25, 0.3) is 0 Å². The molecule has 2 rings (SSSR count). The van der Waals surface area contributed by atoms with Crippen LogP contribution in [0.2, 0.25) is 0 Å². The highest BCUT2D eigenvalue weighted by Gasteiger charge is 2.49. The van der Waals surface area contributed by atoms with Crippen molar-refractivity contribution >= 4 is 5.78 Å². The van der Waals surface area contributed by atoms with E-state index in [-0.39, 0.29) is 22.9 Å². The number of hydrogen-bond donors (Lipinski definition) is 2. The third-order valence-corrected chi connectivity index (χ3v) is 9.24. The van der Waals surface area contributed by atoms with Crippen LogP contribution in [-0.2, 0) is 9.53 Å². The van der Waals surface area contributed by atoms with Gasteiger partial charge in [-0.15, -0.1) is 0 Å². The van der Waals surface area contributed by atoms with Gasteiger partial charge in [-0.25, -0.2) is 0 Å². The highest BCUT2D eigenvalue weighted by atomic mass is 16.5. The molecule has 0 saturated carbocycles. The van der Waals surface area contributed by atoms with Gasteiger partial charge < -0.3 is 14.9 Å². The Morgan fingerprint density at radius 1 is 1.22 bits per heavy atom. The average molecular weight is 517 g/mol. The Hall–Kier alpha value is -1.23. The lowest BCUT2D eigenvalue weighted by molar-refractivity contribution is -0.147.